The van der Waals surface area contributed by atoms with Gasteiger partial charge in [-0.15, -0.1) is 0 Å². The Morgan fingerprint density at radius 2 is 1.86 bits per heavy atom. The highest BCUT2D eigenvalue weighted by Crippen LogP contribution is 2.23. The lowest BCUT2D eigenvalue weighted by molar-refractivity contribution is -0.136. The van der Waals surface area contributed by atoms with Crippen molar-refractivity contribution in [1.82, 2.24) is 9.80 Å². The number of nitrogens with zero attached hydrogens (tertiary/aromatic N) is 2. The second kappa shape index (κ2) is 8.88. The van der Waals surface area contributed by atoms with Gasteiger partial charge in [-0.2, -0.15) is 0 Å². The zero-order valence-corrected chi connectivity index (χ0v) is 15.9. The van der Waals surface area contributed by atoms with Crippen LogP contribution in [0.15, 0.2) is 35.5 Å². The van der Waals surface area contributed by atoms with E-state index in [9.17, 15) is 14.4 Å². The monoisotopic (exact) mass is 387 g/mol. The largest absolute Gasteiger partial charge is 0.466 e. The topological polar surface area (TPSA) is 99.2 Å². The summed E-state index contributed by atoms with van der Waals surface area (Å²) in [5.74, 6) is -0.814. The molecule has 28 heavy (non-hydrogen) atoms. The lowest BCUT2D eigenvalue weighted by atomic mass is 10.1. The number of hydrogen-bond donors (Lipinski definition) is 2. The molecule has 150 valence electrons. The highest BCUT2D eigenvalue weighted by atomic mass is 16.5. The highest BCUT2D eigenvalue weighted by molar-refractivity contribution is 6.08. The van der Waals surface area contributed by atoms with E-state index in [0.29, 0.717) is 12.1 Å². The van der Waals surface area contributed by atoms with Gasteiger partial charge in [0.2, 0.25) is 5.91 Å². The number of benzene rings is 1. The molecule has 0 unspecified atom stereocenters. The number of methoxy groups -OCH3 is 1. The summed E-state index contributed by atoms with van der Waals surface area (Å²) < 4.78 is 4.77. The molecular formula is C20H25N3O5. The SMILES string of the molecule is COC(=O)C1=C(Nc2ccc(CC(=O)N3CCCC3)cc2)C(=O)N(CCO)C1. The van der Waals surface area contributed by atoms with Crippen molar-refractivity contribution >= 4 is 23.5 Å². The van der Waals surface area contributed by atoms with Crippen LogP contribution in [0.4, 0.5) is 5.69 Å². The molecule has 0 atom stereocenters. The molecule has 3 rings (SSSR count). The molecule has 1 saturated heterocycles. The van der Waals surface area contributed by atoms with Gasteiger partial charge in [0.1, 0.15) is 5.70 Å². The second-order valence-corrected chi connectivity index (χ2v) is 6.88. The van der Waals surface area contributed by atoms with Crippen LogP contribution < -0.4 is 5.32 Å². The van der Waals surface area contributed by atoms with Crippen molar-refractivity contribution in [2.75, 3.05) is 45.2 Å². The van der Waals surface area contributed by atoms with Crippen LogP contribution in [-0.2, 0) is 25.5 Å². The van der Waals surface area contributed by atoms with E-state index >= 15 is 0 Å². The van der Waals surface area contributed by atoms with Crippen LogP contribution >= 0.6 is 0 Å². The first-order chi connectivity index (χ1) is 13.5. The number of amides is 2. The van der Waals surface area contributed by atoms with Gasteiger partial charge in [0.25, 0.3) is 5.91 Å². The summed E-state index contributed by atoms with van der Waals surface area (Å²) >= 11 is 0. The number of ether oxygens (including phenoxy) is 1. The van der Waals surface area contributed by atoms with Crippen LogP contribution in [0.25, 0.3) is 0 Å². The third-order valence-electron chi connectivity index (χ3n) is 4.99. The normalized spacial score (nSPS) is 16.7. The number of β-amino-alcohol motifs (C(OH)–C–C–N with tert-alkyl or cyclic N) is 1. The van der Waals surface area contributed by atoms with Crippen LogP contribution in [0, 0.1) is 0 Å². The summed E-state index contributed by atoms with van der Waals surface area (Å²) in [5.41, 5.74) is 1.91. The number of anilines is 1. The van der Waals surface area contributed by atoms with E-state index < -0.39 is 5.97 Å². The average molecular weight is 387 g/mol. The Labute approximate surface area is 163 Å². The van der Waals surface area contributed by atoms with Gasteiger partial charge < -0.3 is 25.0 Å². The van der Waals surface area contributed by atoms with Gasteiger partial charge in [0.15, 0.2) is 0 Å². The molecule has 2 aliphatic rings. The molecular weight excluding hydrogens is 362 g/mol. The molecule has 2 heterocycles. The molecule has 0 aliphatic carbocycles. The number of likely N-dealkylation sites (tertiary alicyclic amines) is 1. The van der Waals surface area contributed by atoms with Gasteiger partial charge in [-0.05, 0) is 30.5 Å². The Hall–Kier alpha value is -2.87. The lowest BCUT2D eigenvalue weighted by Crippen LogP contribution is -2.31. The summed E-state index contributed by atoms with van der Waals surface area (Å²) in [6.07, 6.45) is 2.47. The van der Waals surface area contributed by atoms with E-state index in [4.69, 9.17) is 9.84 Å². The molecule has 0 aromatic heterocycles. The predicted molar refractivity (Wildman–Crippen MR) is 102 cm³/mol. The number of nitrogens with one attached hydrogen (secondary N) is 1. The summed E-state index contributed by atoms with van der Waals surface area (Å²) in [5, 5.41) is 12.1. The predicted octanol–water partition coefficient (Wildman–Crippen LogP) is 0.525. The van der Waals surface area contributed by atoms with E-state index in [1.165, 1.54) is 12.0 Å². The molecule has 1 aromatic rings. The van der Waals surface area contributed by atoms with Gasteiger partial charge in [0, 0.05) is 25.3 Å². The molecule has 1 aromatic carbocycles. The quantitative estimate of drug-likeness (QED) is 0.662. The third kappa shape index (κ3) is 4.33. The Balaban J connectivity index is 1.69. The van der Waals surface area contributed by atoms with Crippen molar-refractivity contribution in [3.8, 4) is 0 Å². The van der Waals surface area contributed by atoms with Crippen molar-refractivity contribution in [2.45, 2.75) is 19.3 Å². The zero-order chi connectivity index (χ0) is 20.1. The van der Waals surface area contributed by atoms with Crippen LogP contribution in [0.1, 0.15) is 18.4 Å². The molecule has 8 heteroatoms. The zero-order valence-electron chi connectivity index (χ0n) is 15.9. The van der Waals surface area contributed by atoms with Gasteiger partial charge in [-0.1, -0.05) is 12.1 Å². The number of aliphatic hydroxyl groups is 1. The summed E-state index contributed by atoms with van der Waals surface area (Å²) in [6, 6.07) is 7.21. The van der Waals surface area contributed by atoms with Crippen molar-refractivity contribution < 1.29 is 24.2 Å². The standard InChI is InChI=1S/C20H25N3O5/c1-28-20(27)16-13-23(10-11-24)19(26)18(16)21-15-6-4-14(5-7-15)12-17(25)22-8-2-3-9-22/h4-7,21,24H,2-3,8-13H2,1H3. The van der Waals surface area contributed by atoms with Crippen LogP contribution in [0.5, 0.6) is 0 Å². The molecule has 1 fully saturated rings. The number of carbonyl (C=O) groups excluding carboxylic acids is 3. The molecule has 0 bridgehead atoms. The first-order valence-electron chi connectivity index (χ1n) is 9.39. The fraction of sp³-hybridized carbons (Fsp3) is 0.450. The Morgan fingerprint density at radius 1 is 1.18 bits per heavy atom. The lowest BCUT2D eigenvalue weighted by Gasteiger charge is -2.16. The fourth-order valence-corrected chi connectivity index (χ4v) is 3.45. The Bertz CT molecular complexity index is 782. The maximum absolute atomic E-state index is 12.5. The first-order valence-corrected chi connectivity index (χ1v) is 9.39. The average Bonchev–Trinajstić information content (AvgIpc) is 3.34. The van der Waals surface area contributed by atoms with E-state index in [1.807, 2.05) is 17.0 Å². The Kier molecular flexibility index (Phi) is 6.30. The van der Waals surface area contributed by atoms with E-state index in [-0.39, 0.29) is 42.8 Å². The number of hydrogen-bond acceptors (Lipinski definition) is 6. The van der Waals surface area contributed by atoms with Crippen LogP contribution in [0.2, 0.25) is 0 Å². The van der Waals surface area contributed by atoms with Gasteiger partial charge >= 0.3 is 5.97 Å². The van der Waals surface area contributed by atoms with Crippen molar-refractivity contribution in [3.63, 3.8) is 0 Å². The molecule has 8 nitrogen and oxygen atoms in total. The van der Waals surface area contributed by atoms with Crippen molar-refractivity contribution in [3.05, 3.63) is 41.1 Å². The fourth-order valence-electron chi connectivity index (χ4n) is 3.45. The molecule has 0 saturated carbocycles. The number of aliphatic hydroxyl groups excluding tert-OH is 1. The van der Waals surface area contributed by atoms with Crippen molar-refractivity contribution in [1.29, 1.82) is 0 Å². The summed E-state index contributed by atoms with van der Waals surface area (Å²) in [4.78, 5) is 40.1. The second-order valence-electron chi connectivity index (χ2n) is 6.88. The molecule has 2 N–H and O–H groups in total. The van der Waals surface area contributed by atoms with Crippen molar-refractivity contribution in [2.24, 2.45) is 0 Å². The van der Waals surface area contributed by atoms with Crippen LogP contribution in [0.3, 0.4) is 0 Å². The maximum Gasteiger partial charge on any atom is 0.337 e. The minimum absolute atomic E-state index is 0.0941. The molecule has 0 radical (unpaired) electrons. The maximum atomic E-state index is 12.5. The van der Waals surface area contributed by atoms with E-state index in [0.717, 1.165) is 31.5 Å². The van der Waals surface area contributed by atoms with E-state index in [2.05, 4.69) is 5.32 Å². The molecule has 0 spiro atoms. The first kappa shape index (κ1) is 19.9. The third-order valence-corrected chi connectivity index (χ3v) is 4.99. The molecule has 2 amide bonds. The van der Waals surface area contributed by atoms with Gasteiger partial charge in [-0.25, -0.2) is 4.79 Å². The Morgan fingerprint density at radius 3 is 2.46 bits per heavy atom. The smallest absolute Gasteiger partial charge is 0.337 e. The van der Waals surface area contributed by atoms with Gasteiger partial charge in [-0.3, -0.25) is 9.59 Å². The minimum Gasteiger partial charge on any atom is -0.466 e. The van der Waals surface area contributed by atoms with E-state index in [1.54, 1.807) is 12.1 Å². The number of esters is 1. The number of rotatable bonds is 7. The minimum atomic E-state index is -0.580. The number of carbonyl (C=O) groups is 3. The summed E-state index contributed by atoms with van der Waals surface area (Å²) in [7, 11) is 1.26. The van der Waals surface area contributed by atoms with Gasteiger partial charge in [0.05, 0.1) is 32.3 Å². The summed E-state index contributed by atoms with van der Waals surface area (Å²) in [6.45, 7) is 1.71. The van der Waals surface area contributed by atoms with Crippen LogP contribution in [-0.4, -0.2) is 72.6 Å². The molecule has 2 aliphatic heterocycles. The highest BCUT2D eigenvalue weighted by Gasteiger charge is 2.34.